The van der Waals surface area contributed by atoms with Crippen LogP contribution >= 0.6 is 23.5 Å². The Labute approximate surface area is 298 Å². The fourth-order valence-corrected chi connectivity index (χ4v) is 7.12. The molecule has 1 aliphatic rings. The Morgan fingerprint density at radius 2 is 1.32 bits per heavy atom. The molecule has 0 saturated heterocycles. The molecule has 0 bridgehead atoms. The second kappa shape index (κ2) is 15.7. The first-order chi connectivity index (χ1) is 24.4. The monoisotopic (exact) mass is 703 g/mol. The molecule has 0 aliphatic carbocycles. The van der Waals surface area contributed by atoms with Crippen LogP contribution in [0.3, 0.4) is 0 Å². The minimum Gasteiger partial charge on any atom is -0.493 e. The lowest BCUT2D eigenvalue weighted by Crippen LogP contribution is -2.30. The van der Waals surface area contributed by atoms with E-state index < -0.39 is 11.8 Å². The van der Waals surface area contributed by atoms with E-state index in [1.165, 1.54) is 39.2 Å². The highest BCUT2D eigenvalue weighted by Gasteiger charge is 2.27. The minimum absolute atomic E-state index is 0.00238. The molecule has 1 heterocycles. The Morgan fingerprint density at radius 3 is 1.90 bits per heavy atom. The Morgan fingerprint density at radius 1 is 0.740 bits per heavy atom. The Bertz CT molecular complexity index is 2000. The van der Waals surface area contributed by atoms with E-state index in [2.05, 4.69) is 10.6 Å². The number of methoxy groups -OCH3 is 3. The summed E-state index contributed by atoms with van der Waals surface area (Å²) in [5.74, 6) is 0.371. The molecule has 6 rings (SSSR count). The average molecular weight is 704 g/mol. The van der Waals surface area contributed by atoms with Gasteiger partial charge in [-0.1, -0.05) is 54.2 Å². The van der Waals surface area contributed by atoms with Crippen LogP contribution in [0.15, 0.2) is 136 Å². The van der Waals surface area contributed by atoms with E-state index in [1.54, 1.807) is 71.3 Å². The maximum Gasteiger partial charge on any atom is 0.272 e. The highest BCUT2D eigenvalue weighted by molar-refractivity contribution is 8.00. The first kappa shape index (κ1) is 34.2. The first-order valence-electron chi connectivity index (χ1n) is 15.5. The molecule has 0 fully saturated rings. The fourth-order valence-electron chi connectivity index (χ4n) is 5.31. The topological polar surface area (TPSA) is 106 Å². The molecule has 0 spiro atoms. The summed E-state index contributed by atoms with van der Waals surface area (Å²) in [5, 5.41) is 5.61. The molecular weight excluding hydrogens is 671 g/mol. The van der Waals surface area contributed by atoms with Crippen molar-refractivity contribution < 1.29 is 28.6 Å². The number of fused-ring (bicyclic) bond motifs is 2. The molecule has 2 N–H and O–H groups in total. The third kappa shape index (κ3) is 7.64. The van der Waals surface area contributed by atoms with Gasteiger partial charge in [-0.2, -0.15) is 0 Å². The lowest BCUT2D eigenvalue weighted by molar-refractivity contribution is -0.115. The second-order valence-corrected chi connectivity index (χ2v) is 13.0. The summed E-state index contributed by atoms with van der Waals surface area (Å²) in [6.07, 6.45) is 1.53. The Hall–Kier alpha value is -5.65. The van der Waals surface area contributed by atoms with Crippen molar-refractivity contribution in [3.05, 3.63) is 132 Å². The van der Waals surface area contributed by atoms with Crippen molar-refractivity contribution in [3.8, 4) is 17.2 Å². The highest BCUT2D eigenvalue weighted by Crippen LogP contribution is 2.48. The maximum atomic E-state index is 13.7. The zero-order chi connectivity index (χ0) is 35.0. The molecule has 0 atom stereocenters. The molecule has 0 unspecified atom stereocenters. The van der Waals surface area contributed by atoms with E-state index in [4.69, 9.17) is 14.2 Å². The first-order valence-corrected chi connectivity index (χ1v) is 17.3. The number of nitrogens with zero attached hydrogens (tertiary/aromatic N) is 1. The van der Waals surface area contributed by atoms with Crippen molar-refractivity contribution in [1.82, 2.24) is 5.32 Å². The van der Waals surface area contributed by atoms with E-state index >= 15 is 0 Å². The number of carbonyl (C=O) groups is 3. The number of rotatable bonds is 11. The lowest BCUT2D eigenvalue weighted by atomic mass is 10.1. The number of thioether (sulfide) groups is 1. The quantitative estimate of drug-likeness (QED) is 0.105. The van der Waals surface area contributed by atoms with Gasteiger partial charge in [-0.15, -0.1) is 11.8 Å². The summed E-state index contributed by atoms with van der Waals surface area (Å²) in [6, 6.07) is 34.9. The standard InChI is InChI=1S/C39H33N3O6S2/c1-46-32-22-25(23-33(47-2)37(32)48-3)21-29(41-38(44)26-11-5-4-6-12-26)39(45)40-27-17-19-28(20-18-27)49-24-36(43)42-30-13-7-9-15-34(30)50-35-16-10-8-14-31(35)42/h4-23H,24H2,1-3H3,(H,40,45)(H,41,44)/b29-21-. The van der Waals surface area contributed by atoms with E-state index in [0.29, 0.717) is 34.1 Å². The Balaban J connectivity index is 1.18. The summed E-state index contributed by atoms with van der Waals surface area (Å²) in [6.45, 7) is 0. The van der Waals surface area contributed by atoms with Crippen molar-refractivity contribution >= 4 is 64.4 Å². The number of hydrogen-bond donors (Lipinski definition) is 2. The van der Waals surface area contributed by atoms with Gasteiger partial charge in [0, 0.05) is 25.9 Å². The highest BCUT2D eigenvalue weighted by atomic mass is 32.2. The second-order valence-electron chi connectivity index (χ2n) is 10.9. The molecule has 5 aromatic carbocycles. The van der Waals surface area contributed by atoms with Crippen LogP contribution < -0.4 is 29.7 Å². The summed E-state index contributed by atoms with van der Waals surface area (Å²) in [5.41, 5.74) is 3.17. The van der Waals surface area contributed by atoms with Crippen LogP contribution in [-0.4, -0.2) is 44.8 Å². The van der Waals surface area contributed by atoms with Gasteiger partial charge >= 0.3 is 0 Å². The normalized spacial score (nSPS) is 11.9. The molecule has 9 nitrogen and oxygen atoms in total. The summed E-state index contributed by atoms with van der Waals surface area (Å²) in [7, 11) is 4.50. The van der Waals surface area contributed by atoms with Gasteiger partial charge in [0.1, 0.15) is 5.70 Å². The third-order valence-electron chi connectivity index (χ3n) is 7.68. The van der Waals surface area contributed by atoms with Crippen LogP contribution in [0.2, 0.25) is 0 Å². The molecule has 50 heavy (non-hydrogen) atoms. The number of carbonyl (C=O) groups excluding carboxylic acids is 3. The summed E-state index contributed by atoms with van der Waals surface area (Å²) >= 11 is 3.06. The zero-order valence-corrected chi connectivity index (χ0v) is 29.1. The maximum absolute atomic E-state index is 13.7. The predicted octanol–water partition coefficient (Wildman–Crippen LogP) is 8.04. The van der Waals surface area contributed by atoms with E-state index in [0.717, 1.165) is 26.1 Å². The minimum atomic E-state index is -0.543. The van der Waals surface area contributed by atoms with Gasteiger partial charge in [-0.05, 0) is 84.4 Å². The van der Waals surface area contributed by atoms with E-state index in [9.17, 15) is 14.4 Å². The summed E-state index contributed by atoms with van der Waals surface area (Å²) in [4.78, 5) is 45.1. The number of benzene rings is 5. The third-order valence-corrected chi connectivity index (χ3v) is 9.81. The molecular formula is C39H33N3O6S2. The van der Waals surface area contributed by atoms with Crippen molar-refractivity contribution in [3.63, 3.8) is 0 Å². The molecule has 1 aliphatic heterocycles. The lowest BCUT2D eigenvalue weighted by Gasteiger charge is -2.31. The number of hydrogen-bond acceptors (Lipinski definition) is 8. The predicted molar refractivity (Wildman–Crippen MR) is 198 cm³/mol. The van der Waals surface area contributed by atoms with E-state index in [1.807, 2.05) is 60.7 Å². The molecule has 11 heteroatoms. The van der Waals surface area contributed by atoms with Gasteiger partial charge in [0.25, 0.3) is 11.8 Å². The van der Waals surface area contributed by atoms with Crippen LogP contribution in [0.4, 0.5) is 17.1 Å². The SMILES string of the molecule is COc1cc(/C=C(\NC(=O)c2ccccc2)C(=O)Nc2ccc(SCC(=O)N3c4ccccc4Sc4ccccc43)cc2)cc(OC)c1OC. The van der Waals surface area contributed by atoms with Crippen molar-refractivity contribution in [2.75, 3.05) is 37.3 Å². The van der Waals surface area contributed by atoms with Gasteiger partial charge in [0.05, 0.1) is 38.5 Å². The molecule has 0 radical (unpaired) electrons. The van der Waals surface area contributed by atoms with Crippen LogP contribution in [0, 0.1) is 0 Å². The van der Waals surface area contributed by atoms with Crippen molar-refractivity contribution in [2.24, 2.45) is 0 Å². The smallest absolute Gasteiger partial charge is 0.272 e. The largest absolute Gasteiger partial charge is 0.493 e. The van der Waals surface area contributed by atoms with Crippen LogP contribution in [0.5, 0.6) is 17.2 Å². The van der Waals surface area contributed by atoms with Crippen LogP contribution in [0.25, 0.3) is 6.08 Å². The number of para-hydroxylation sites is 2. The van der Waals surface area contributed by atoms with E-state index in [-0.39, 0.29) is 17.4 Å². The Kier molecular flexibility index (Phi) is 10.8. The van der Waals surface area contributed by atoms with Crippen molar-refractivity contribution in [1.29, 1.82) is 0 Å². The van der Waals surface area contributed by atoms with Gasteiger partial charge in [0.2, 0.25) is 11.7 Å². The molecule has 5 aromatic rings. The number of amides is 3. The molecule has 3 amide bonds. The van der Waals surface area contributed by atoms with Crippen LogP contribution in [0.1, 0.15) is 15.9 Å². The van der Waals surface area contributed by atoms with Gasteiger partial charge in [-0.3, -0.25) is 19.3 Å². The molecule has 252 valence electrons. The average Bonchev–Trinajstić information content (AvgIpc) is 3.16. The number of anilines is 3. The fraction of sp³-hybridized carbons (Fsp3) is 0.103. The van der Waals surface area contributed by atoms with Crippen LogP contribution in [-0.2, 0) is 9.59 Å². The van der Waals surface area contributed by atoms with Gasteiger partial charge in [0.15, 0.2) is 11.5 Å². The van der Waals surface area contributed by atoms with Gasteiger partial charge < -0.3 is 24.8 Å². The zero-order valence-electron chi connectivity index (χ0n) is 27.5. The molecule has 0 aromatic heterocycles. The number of ether oxygens (including phenoxy) is 3. The van der Waals surface area contributed by atoms with Gasteiger partial charge in [-0.25, -0.2) is 0 Å². The molecule has 0 saturated carbocycles. The number of nitrogens with one attached hydrogen (secondary N) is 2. The van der Waals surface area contributed by atoms with Crippen molar-refractivity contribution in [2.45, 2.75) is 14.7 Å². The summed E-state index contributed by atoms with van der Waals surface area (Å²) < 4.78 is 16.4.